The van der Waals surface area contributed by atoms with Gasteiger partial charge in [0, 0.05) is 13.3 Å². The van der Waals surface area contributed by atoms with Crippen molar-refractivity contribution in [1.29, 1.82) is 0 Å². The van der Waals surface area contributed by atoms with Gasteiger partial charge in [-0.1, -0.05) is 12.2 Å². The maximum atomic E-state index is 7.04. The normalized spacial score (nSPS) is 49.6. The highest BCUT2D eigenvalue weighted by atomic mass is 14.8. The Balaban J connectivity index is 2.33. The molecule has 52 valence electrons. The average Bonchev–Trinajstić information content (AvgIpc) is 2.46. The lowest BCUT2D eigenvalue weighted by atomic mass is 9.88. The summed E-state index contributed by atoms with van der Waals surface area (Å²) in [6.45, 7) is 9.13. The molecule has 10 heavy (non-hydrogen) atoms. The van der Waals surface area contributed by atoms with Gasteiger partial charge in [-0.2, -0.15) is 0 Å². The smallest absolute Gasteiger partial charge is 0.236 e. The molecule has 0 N–H and O–H groups in total. The molecule has 0 aliphatic heterocycles. The summed E-state index contributed by atoms with van der Waals surface area (Å²) in [6, 6.07) is 0. The van der Waals surface area contributed by atoms with Crippen LogP contribution in [-0.2, 0) is 0 Å². The van der Waals surface area contributed by atoms with Gasteiger partial charge in [0.15, 0.2) is 0 Å². The lowest BCUT2D eigenvalue weighted by Crippen LogP contribution is -2.24. The Labute approximate surface area is 61.6 Å². The zero-order valence-corrected chi connectivity index (χ0v) is 6.17. The molecule has 2 aliphatic carbocycles. The van der Waals surface area contributed by atoms with Gasteiger partial charge in [0.1, 0.15) is 0 Å². The van der Waals surface area contributed by atoms with Gasteiger partial charge in [0.25, 0.3) is 0 Å². The van der Waals surface area contributed by atoms with E-state index in [0.717, 1.165) is 12.3 Å². The molecule has 1 nitrogen and oxygen atoms in total. The minimum absolute atomic E-state index is 0.0422. The lowest BCUT2D eigenvalue weighted by molar-refractivity contribution is 0.469. The van der Waals surface area contributed by atoms with E-state index in [-0.39, 0.29) is 5.54 Å². The summed E-state index contributed by atoms with van der Waals surface area (Å²) in [6.07, 6.45) is 6.83. The summed E-state index contributed by atoms with van der Waals surface area (Å²) in [5.74, 6) is 1.29. The Morgan fingerprint density at radius 3 is 2.70 bits per heavy atom. The second-order valence-corrected chi connectivity index (χ2v) is 3.66. The van der Waals surface area contributed by atoms with Crippen molar-refractivity contribution in [3.8, 4) is 0 Å². The van der Waals surface area contributed by atoms with Crippen LogP contribution in [0.1, 0.15) is 19.8 Å². The average molecular weight is 133 g/mol. The Morgan fingerprint density at radius 2 is 2.40 bits per heavy atom. The van der Waals surface area contributed by atoms with Crippen LogP contribution in [0.4, 0.5) is 0 Å². The van der Waals surface area contributed by atoms with Gasteiger partial charge >= 0.3 is 0 Å². The van der Waals surface area contributed by atoms with E-state index in [1.807, 2.05) is 0 Å². The molecule has 0 amide bonds. The summed E-state index contributed by atoms with van der Waals surface area (Å²) in [5, 5.41) is 0. The Kier molecular flexibility index (Phi) is 0.976. The van der Waals surface area contributed by atoms with Gasteiger partial charge in [-0.25, -0.2) is 6.57 Å². The van der Waals surface area contributed by atoms with E-state index in [1.165, 1.54) is 6.42 Å². The van der Waals surface area contributed by atoms with E-state index in [4.69, 9.17) is 6.57 Å². The highest BCUT2D eigenvalue weighted by Crippen LogP contribution is 2.48. The molecule has 1 saturated carbocycles. The highest BCUT2D eigenvalue weighted by Gasteiger charge is 2.50. The molecule has 2 rings (SSSR count). The van der Waals surface area contributed by atoms with Crippen LogP contribution in [-0.4, -0.2) is 5.54 Å². The third kappa shape index (κ3) is 0.568. The second-order valence-electron chi connectivity index (χ2n) is 3.66. The Bertz CT molecular complexity index is 223. The van der Waals surface area contributed by atoms with Crippen molar-refractivity contribution < 1.29 is 0 Å². The molecule has 3 unspecified atom stereocenters. The van der Waals surface area contributed by atoms with Crippen molar-refractivity contribution in [2.75, 3.05) is 0 Å². The van der Waals surface area contributed by atoms with Crippen LogP contribution in [0, 0.1) is 18.4 Å². The highest BCUT2D eigenvalue weighted by molar-refractivity contribution is 5.21. The van der Waals surface area contributed by atoms with Crippen molar-refractivity contribution in [3.05, 3.63) is 23.6 Å². The topological polar surface area (TPSA) is 4.36 Å². The number of hydrogen-bond acceptors (Lipinski definition) is 0. The summed E-state index contributed by atoms with van der Waals surface area (Å²) < 4.78 is 0. The van der Waals surface area contributed by atoms with Gasteiger partial charge in [-0.3, -0.25) is 0 Å². The maximum Gasteiger partial charge on any atom is 0.236 e. The zero-order chi connectivity index (χ0) is 7.19. The van der Waals surface area contributed by atoms with Gasteiger partial charge in [0.2, 0.25) is 5.54 Å². The molecule has 1 fully saturated rings. The van der Waals surface area contributed by atoms with Crippen LogP contribution in [0.5, 0.6) is 0 Å². The first kappa shape index (κ1) is 5.97. The van der Waals surface area contributed by atoms with Crippen LogP contribution in [0.15, 0.2) is 12.2 Å². The Hall–Kier alpha value is -0.770. The van der Waals surface area contributed by atoms with Gasteiger partial charge in [-0.15, -0.1) is 0 Å². The first-order chi connectivity index (χ1) is 4.74. The van der Waals surface area contributed by atoms with E-state index in [0.29, 0.717) is 5.92 Å². The summed E-state index contributed by atoms with van der Waals surface area (Å²) in [5.41, 5.74) is -0.0422. The molecule has 0 saturated heterocycles. The molecule has 0 radical (unpaired) electrons. The van der Waals surface area contributed by atoms with Crippen LogP contribution in [0.2, 0.25) is 0 Å². The third-order valence-electron chi connectivity index (χ3n) is 2.90. The van der Waals surface area contributed by atoms with Gasteiger partial charge in [-0.05, 0) is 12.3 Å². The fourth-order valence-corrected chi connectivity index (χ4v) is 2.20. The maximum absolute atomic E-state index is 7.04. The van der Waals surface area contributed by atoms with Crippen LogP contribution in [0.25, 0.3) is 4.85 Å². The summed E-state index contributed by atoms with van der Waals surface area (Å²) in [7, 11) is 0. The minimum atomic E-state index is -0.0422. The van der Waals surface area contributed by atoms with Crippen LogP contribution >= 0.6 is 0 Å². The molecule has 0 aromatic rings. The van der Waals surface area contributed by atoms with Gasteiger partial charge in [0.05, 0.1) is 5.92 Å². The number of allylic oxidation sites excluding steroid dienone is 1. The lowest BCUT2D eigenvalue weighted by Gasteiger charge is -2.17. The van der Waals surface area contributed by atoms with E-state index >= 15 is 0 Å². The fraction of sp³-hybridized carbons (Fsp3) is 0.667. The second kappa shape index (κ2) is 1.63. The number of nitrogens with zero attached hydrogens (tertiary/aromatic N) is 1. The predicted octanol–water partition coefficient (Wildman–Crippen LogP) is 2.26. The molecular weight excluding hydrogens is 122 g/mol. The van der Waals surface area contributed by atoms with Crippen molar-refractivity contribution in [2.24, 2.45) is 11.8 Å². The molecule has 0 aromatic carbocycles. The molecule has 3 atom stereocenters. The van der Waals surface area contributed by atoms with Crippen molar-refractivity contribution >= 4 is 0 Å². The van der Waals surface area contributed by atoms with E-state index < -0.39 is 0 Å². The summed E-state index contributed by atoms with van der Waals surface area (Å²) in [4.78, 5) is 3.70. The molecular formula is C9H11N. The molecule has 2 bridgehead atoms. The van der Waals surface area contributed by atoms with Crippen molar-refractivity contribution in [3.63, 3.8) is 0 Å². The first-order valence-corrected chi connectivity index (χ1v) is 3.81. The predicted molar refractivity (Wildman–Crippen MR) is 40.4 cm³/mol. The van der Waals surface area contributed by atoms with E-state index in [9.17, 15) is 0 Å². The summed E-state index contributed by atoms with van der Waals surface area (Å²) >= 11 is 0. The largest absolute Gasteiger partial charge is 0.310 e. The van der Waals surface area contributed by atoms with Crippen molar-refractivity contribution in [2.45, 2.75) is 25.3 Å². The quantitative estimate of drug-likeness (QED) is 0.352. The van der Waals surface area contributed by atoms with Crippen LogP contribution in [0.3, 0.4) is 0 Å². The monoisotopic (exact) mass is 133 g/mol. The number of hydrogen-bond donors (Lipinski definition) is 0. The van der Waals surface area contributed by atoms with Gasteiger partial charge < -0.3 is 4.85 Å². The molecule has 1 heteroatoms. The van der Waals surface area contributed by atoms with E-state index in [1.54, 1.807) is 0 Å². The standard InChI is InChI=1S/C9H11N/c1-9(10-2)6-7-3-4-8(9)5-7/h3-4,7-8H,5-6H2,1H3. The van der Waals surface area contributed by atoms with Crippen LogP contribution < -0.4 is 0 Å². The molecule has 0 spiro atoms. The molecule has 2 aliphatic rings. The zero-order valence-electron chi connectivity index (χ0n) is 6.17. The molecule has 0 heterocycles. The minimum Gasteiger partial charge on any atom is -0.310 e. The van der Waals surface area contributed by atoms with E-state index in [2.05, 4.69) is 23.9 Å². The number of fused-ring (bicyclic) bond motifs is 2. The SMILES string of the molecule is [C-]#[N+]C1(C)CC2C=CC1C2. The first-order valence-electron chi connectivity index (χ1n) is 3.81. The fourth-order valence-electron chi connectivity index (χ4n) is 2.20. The number of rotatable bonds is 0. The Morgan fingerprint density at radius 1 is 1.60 bits per heavy atom. The third-order valence-corrected chi connectivity index (χ3v) is 2.90. The van der Waals surface area contributed by atoms with Crippen molar-refractivity contribution in [1.82, 2.24) is 0 Å². The molecule has 0 aromatic heterocycles.